The number of benzene rings is 2. The first-order valence-corrected chi connectivity index (χ1v) is 18.1. The van der Waals surface area contributed by atoms with E-state index in [1.807, 2.05) is 27.7 Å². The van der Waals surface area contributed by atoms with Crippen molar-refractivity contribution in [2.24, 2.45) is 0 Å². The van der Waals surface area contributed by atoms with Gasteiger partial charge in [0.15, 0.2) is 34.7 Å². The van der Waals surface area contributed by atoms with E-state index in [1.165, 1.54) is 13.2 Å². The number of Topliss-reactive ketones (excluding diaryl/α,β-unsaturated/α-hetero) is 4. The molecule has 0 spiro atoms. The summed E-state index contributed by atoms with van der Waals surface area (Å²) in [7, 11) is 16.3. The molecule has 2 aromatic heterocycles. The minimum absolute atomic E-state index is 0.00791. The molecule has 2 heterocycles. The van der Waals surface area contributed by atoms with E-state index in [4.69, 9.17) is 43.7 Å². The van der Waals surface area contributed by atoms with E-state index in [0.29, 0.717) is 34.4 Å². The van der Waals surface area contributed by atoms with Crippen molar-refractivity contribution < 1.29 is 37.9 Å². The van der Waals surface area contributed by atoms with Crippen molar-refractivity contribution in [2.75, 3.05) is 7.11 Å². The van der Waals surface area contributed by atoms with Gasteiger partial charge in [-0.05, 0) is 12.1 Å². The summed E-state index contributed by atoms with van der Waals surface area (Å²) < 4.78 is 16.4. The number of phenols is 1. The molecule has 43 heavy (non-hydrogen) atoms. The lowest BCUT2D eigenvalue weighted by molar-refractivity contribution is 0.0810. The van der Waals surface area contributed by atoms with Crippen LogP contribution in [0.5, 0.6) is 11.5 Å². The molecule has 0 atom stereocenters. The number of oxazole rings is 2. The van der Waals surface area contributed by atoms with Crippen molar-refractivity contribution in [3.05, 3.63) is 70.7 Å². The summed E-state index contributed by atoms with van der Waals surface area (Å²) in [6, 6.07) is 9.73. The second-order valence-electron chi connectivity index (χ2n) is 9.92. The van der Waals surface area contributed by atoms with Gasteiger partial charge in [0.05, 0.1) is 18.2 Å². The summed E-state index contributed by atoms with van der Waals surface area (Å²) in [5.74, 6) is -1.06. The van der Waals surface area contributed by atoms with Gasteiger partial charge in [-0.25, -0.2) is 40.1 Å². The van der Waals surface area contributed by atoms with Crippen LogP contribution in [0.25, 0.3) is 22.6 Å². The zero-order valence-corrected chi connectivity index (χ0v) is 27.0. The Morgan fingerprint density at radius 1 is 0.721 bits per heavy atom. The van der Waals surface area contributed by atoms with Crippen molar-refractivity contribution in [1.29, 1.82) is 0 Å². The summed E-state index contributed by atoms with van der Waals surface area (Å²) >= 11 is -1.72. The summed E-state index contributed by atoms with van der Waals surface area (Å²) in [4.78, 5) is 56.6. The maximum atomic E-state index is 12.2. The molecule has 2 aliphatic rings. The van der Waals surface area contributed by atoms with Gasteiger partial charge in [0.2, 0.25) is 11.6 Å². The molecule has 0 saturated heterocycles. The average Bonchev–Trinajstić information content (AvgIpc) is 3.61. The van der Waals surface area contributed by atoms with Gasteiger partial charge in [-0.3, -0.25) is 19.2 Å². The number of fused-ring (bicyclic) bond motifs is 6. The van der Waals surface area contributed by atoms with E-state index in [0.717, 1.165) is 0 Å². The minimum atomic E-state index is -1.72. The zero-order chi connectivity index (χ0) is 31.7. The predicted molar refractivity (Wildman–Crippen MR) is 161 cm³/mol. The number of halogens is 3. The Morgan fingerprint density at radius 3 is 1.58 bits per heavy atom. The van der Waals surface area contributed by atoms with Crippen molar-refractivity contribution in [1.82, 2.24) is 9.97 Å². The second-order valence-corrected chi connectivity index (χ2v) is 16.3. The van der Waals surface area contributed by atoms with Gasteiger partial charge in [-0.15, -0.1) is 0 Å². The maximum absolute atomic E-state index is 12.2. The lowest BCUT2D eigenvalue weighted by atomic mass is 9.90. The van der Waals surface area contributed by atoms with Gasteiger partial charge in [0.25, 0.3) is 11.6 Å². The molecule has 0 bridgehead atoms. The van der Waals surface area contributed by atoms with Crippen molar-refractivity contribution >= 4 is 64.7 Å². The largest absolute Gasteiger partial charge is 0.643 e. The Hall–Kier alpha value is -3.46. The third-order valence-electron chi connectivity index (χ3n) is 6.35. The highest BCUT2D eigenvalue weighted by molar-refractivity contribution is 7.54. The molecule has 222 valence electrons. The maximum Gasteiger partial charge on any atom is 0.643 e. The predicted octanol–water partition coefficient (Wildman–Crippen LogP) is 7.09. The fourth-order valence-electron chi connectivity index (χ4n) is 4.37. The van der Waals surface area contributed by atoms with Crippen LogP contribution in [0, 0.1) is 0 Å². The number of methoxy groups -OCH3 is 1. The molecule has 0 amide bonds. The molecular weight excluding hydrogens is 638 g/mol. The third-order valence-corrected chi connectivity index (χ3v) is 6.35. The molecule has 2 aliphatic carbocycles. The van der Waals surface area contributed by atoms with Gasteiger partial charge in [0, 0.05) is 23.0 Å². The summed E-state index contributed by atoms with van der Waals surface area (Å²) in [5.41, 5.74) is 1.35. The van der Waals surface area contributed by atoms with Gasteiger partial charge in [-0.2, -0.15) is 0 Å². The molecule has 0 fully saturated rings. The second kappa shape index (κ2) is 13.0. The first kappa shape index (κ1) is 32.5. The number of aromatic hydroxyl groups is 1. The first-order chi connectivity index (χ1) is 20.3. The minimum Gasteiger partial charge on any atom is -0.507 e. The summed E-state index contributed by atoms with van der Waals surface area (Å²) in [5, 5.41) is 9.75. The van der Waals surface area contributed by atoms with E-state index < -0.39 is 34.5 Å². The summed E-state index contributed by atoms with van der Waals surface area (Å²) in [6.07, 6.45) is 0. The SMILES string of the molecule is CC(C)c1nc2c(o1)-c1cccc(O)c1C(=O)C2=O.COc1cccc2c1C(=O)C(=O)c1nc(C(C)C)oc1-2.[Cl][Al]([Cl])[Cl]. The van der Waals surface area contributed by atoms with Gasteiger partial charge in [0.1, 0.15) is 11.5 Å². The molecule has 0 radical (unpaired) electrons. The summed E-state index contributed by atoms with van der Waals surface area (Å²) in [6.45, 7) is 7.59. The molecular formula is C29H24AlCl3N2O8. The average molecular weight is 662 g/mol. The Labute approximate surface area is 262 Å². The lowest BCUT2D eigenvalue weighted by Gasteiger charge is -2.14. The van der Waals surface area contributed by atoms with E-state index in [2.05, 4.69) is 9.97 Å². The molecule has 2 aromatic carbocycles. The smallest absolute Gasteiger partial charge is 0.507 e. The van der Waals surface area contributed by atoms with E-state index in [9.17, 15) is 24.3 Å². The highest BCUT2D eigenvalue weighted by Crippen LogP contribution is 2.40. The first-order valence-electron chi connectivity index (χ1n) is 12.9. The highest BCUT2D eigenvalue weighted by Gasteiger charge is 2.38. The third kappa shape index (κ3) is 6.28. The van der Waals surface area contributed by atoms with Crippen molar-refractivity contribution in [2.45, 2.75) is 39.5 Å². The molecule has 4 aromatic rings. The topological polar surface area (TPSA) is 150 Å². The Balaban J connectivity index is 0.000000176. The fourth-order valence-corrected chi connectivity index (χ4v) is 4.37. The van der Waals surface area contributed by atoms with Crippen LogP contribution in [0.3, 0.4) is 0 Å². The van der Waals surface area contributed by atoms with E-state index in [-0.39, 0.29) is 45.9 Å². The molecule has 10 nitrogen and oxygen atoms in total. The van der Waals surface area contributed by atoms with Crippen LogP contribution in [-0.4, -0.2) is 56.7 Å². The van der Waals surface area contributed by atoms with Crippen LogP contribution < -0.4 is 4.74 Å². The van der Waals surface area contributed by atoms with E-state index in [1.54, 1.807) is 30.3 Å². The highest BCUT2D eigenvalue weighted by atomic mass is 35.8. The van der Waals surface area contributed by atoms with Crippen molar-refractivity contribution in [3.8, 4) is 34.1 Å². The molecule has 0 unspecified atom stereocenters. The Kier molecular flexibility index (Phi) is 9.84. The lowest BCUT2D eigenvalue weighted by Crippen LogP contribution is -2.21. The van der Waals surface area contributed by atoms with Gasteiger partial charge < -0.3 is 18.7 Å². The standard InChI is InChI=1S/C15H13NO4.C14H11NO4.Al.3ClH/c1-7(2)15-16-11-13(18)12(17)10-8(14(11)20-15)5-4-6-9(10)19-3;1-6(2)14-15-10-12(18)11(17)9-7(13(10)19-14)4-3-5-8(9)16;;;;/h4-7H,1-3H3;3-6,16H,1-2H3;;3*1H/q;;+3;;;/p-3. The Morgan fingerprint density at radius 2 is 1.14 bits per heavy atom. The van der Waals surface area contributed by atoms with Crippen LogP contribution in [0.2, 0.25) is 0 Å². The molecule has 6 rings (SSSR count). The number of ether oxygens (including phenoxy) is 1. The van der Waals surface area contributed by atoms with Gasteiger partial charge in [-0.1, -0.05) is 52.0 Å². The zero-order valence-electron chi connectivity index (χ0n) is 23.5. The number of ketones is 4. The van der Waals surface area contributed by atoms with Gasteiger partial charge >= 0.3 is 11.4 Å². The molecule has 0 saturated carbocycles. The number of carbonyl (C=O) groups is 4. The molecule has 1 N–H and O–H groups in total. The fraction of sp³-hybridized carbons (Fsp3) is 0.241. The molecule has 0 aliphatic heterocycles. The van der Waals surface area contributed by atoms with Crippen LogP contribution >= 0.6 is 30.1 Å². The normalized spacial score (nSPS) is 12.9. The number of nitrogens with zero attached hydrogens (tertiary/aromatic N) is 2. The number of hydrogen-bond donors (Lipinski definition) is 1. The number of hydrogen-bond acceptors (Lipinski definition) is 10. The number of aromatic nitrogens is 2. The molecule has 14 heteroatoms. The monoisotopic (exact) mass is 660 g/mol. The number of rotatable bonds is 3. The van der Waals surface area contributed by atoms with Crippen LogP contribution in [0.15, 0.2) is 45.2 Å². The van der Waals surface area contributed by atoms with Crippen LogP contribution in [0.4, 0.5) is 0 Å². The van der Waals surface area contributed by atoms with Crippen LogP contribution in [-0.2, 0) is 0 Å². The van der Waals surface area contributed by atoms with Crippen LogP contribution in [0.1, 0.15) is 93.0 Å². The Bertz CT molecular complexity index is 1760. The van der Waals surface area contributed by atoms with E-state index >= 15 is 0 Å². The number of phenolic OH excluding ortho intramolecular Hbond substituents is 1. The van der Waals surface area contributed by atoms with Crippen molar-refractivity contribution in [3.63, 3.8) is 0 Å². The quantitative estimate of drug-likeness (QED) is 0.178. The number of carbonyl (C=O) groups excluding carboxylic acids is 4.